The molecule has 0 saturated carbocycles. The van der Waals surface area contributed by atoms with E-state index in [0.29, 0.717) is 6.04 Å². The van der Waals surface area contributed by atoms with Gasteiger partial charge in [0.1, 0.15) is 5.75 Å². The van der Waals surface area contributed by atoms with Crippen molar-refractivity contribution in [3.63, 3.8) is 0 Å². The first-order valence-electron chi connectivity index (χ1n) is 8.00. The summed E-state index contributed by atoms with van der Waals surface area (Å²) in [6.45, 7) is 9.56. The normalized spacial score (nSPS) is 19.2. The second-order valence-corrected chi connectivity index (χ2v) is 5.55. The SMILES string of the molecule is CCCN(Cc1ccc(OCC)cc1)C1CCCNC1. The largest absolute Gasteiger partial charge is 0.494 e. The van der Waals surface area contributed by atoms with E-state index < -0.39 is 0 Å². The predicted molar refractivity (Wildman–Crippen MR) is 84.2 cm³/mol. The molecule has 1 unspecified atom stereocenters. The van der Waals surface area contributed by atoms with Crippen LogP contribution in [0, 0.1) is 0 Å². The second kappa shape index (κ2) is 8.28. The van der Waals surface area contributed by atoms with Crippen LogP contribution >= 0.6 is 0 Å². The van der Waals surface area contributed by atoms with E-state index in [1.54, 1.807) is 0 Å². The molecule has 1 N–H and O–H groups in total. The molecule has 0 aliphatic carbocycles. The molecule has 0 aromatic heterocycles. The molecule has 1 aliphatic rings. The average molecular weight is 276 g/mol. The lowest BCUT2D eigenvalue weighted by Crippen LogP contribution is -2.45. The minimum absolute atomic E-state index is 0.690. The third-order valence-electron chi connectivity index (χ3n) is 3.92. The Morgan fingerprint density at radius 1 is 1.25 bits per heavy atom. The highest BCUT2D eigenvalue weighted by molar-refractivity contribution is 5.27. The molecule has 1 saturated heterocycles. The van der Waals surface area contributed by atoms with E-state index in [4.69, 9.17) is 4.74 Å². The summed E-state index contributed by atoms with van der Waals surface area (Å²) in [5.41, 5.74) is 1.38. The summed E-state index contributed by atoms with van der Waals surface area (Å²) in [6.07, 6.45) is 3.84. The zero-order valence-electron chi connectivity index (χ0n) is 12.9. The number of nitrogens with one attached hydrogen (secondary N) is 1. The summed E-state index contributed by atoms with van der Waals surface area (Å²) in [5.74, 6) is 0.970. The zero-order valence-corrected chi connectivity index (χ0v) is 12.9. The molecule has 0 bridgehead atoms. The van der Waals surface area contributed by atoms with Gasteiger partial charge in [-0.3, -0.25) is 4.90 Å². The third kappa shape index (κ3) is 4.50. The molecule has 0 amide bonds. The molecule has 0 spiro atoms. The van der Waals surface area contributed by atoms with E-state index in [9.17, 15) is 0 Å². The molecule has 1 aliphatic heterocycles. The zero-order chi connectivity index (χ0) is 14.2. The minimum atomic E-state index is 0.690. The topological polar surface area (TPSA) is 24.5 Å². The van der Waals surface area contributed by atoms with Gasteiger partial charge in [-0.1, -0.05) is 19.1 Å². The van der Waals surface area contributed by atoms with Gasteiger partial charge in [-0.25, -0.2) is 0 Å². The summed E-state index contributed by atoms with van der Waals surface area (Å²) >= 11 is 0. The number of ether oxygens (including phenoxy) is 1. The molecule has 1 fully saturated rings. The van der Waals surface area contributed by atoms with Crippen molar-refractivity contribution in [3.8, 4) is 5.75 Å². The molecule has 3 heteroatoms. The Labute approximate surface area is 123 Å². The predicted octanol–water partition coefficient (Wildman–Crippen LogP) is 3.05. The highest BCUT2D eigenvalue weighted by Gasteiger charge is 2.20. The van der Waals surface area contributed by atoms with Gasteiger partial charge in [-0.15, -0.1) is 0 Å². The van der Waals surface area contributed by atoms with Gasteiger partial charge in [-0.2, -0.15) is 0 Å². The van der Waals surface area contributed by atoms with Gasteiger partial charge >= 0.3 is 0 Å². The molecule has 20 heavy (non-hydrogen) atoms. The third-order valence-corrected chi connectivity index (χ3v) is 3.92. The van der Waals surface area contributed by atoms with Crippen molar-refractivity contribution in [3.05, 3.63) is 29.8 Å². The summed E-state index contributed by atoms with van der Waals surface area (Å²) in [5, 5.41) is 3.52. The van der Waals surface area contributed by atoms with E-state index in [-0.39, 0.29) is 0 Å². The van der Waals surface area contributed by atoms with Crippen LogP contribution in [0.5, 0.6) is 5.75 Å². The lowest BCUT2D eigenvalue weighted by atomic mass is 10.0. The number of benzene rings is 1. The van der Waals surface area contributed by atoms with E-state index in [1.807, 2.05) is 6.92 Å². The van der Waals surface area contributed by atoms with Crippen LogP contribution in [-0.4, -0.2) is 37.2 Å². The van der Waals surface area contributed by atoms with Crippen LogP contribution in [-0.2, 0) is 6.54 Å². The lowest BCUT2D eigenvalue weighted by Gasteiger charge is -2.34. The highest BCUT2D eigenvalue weighted by atomic mass is 16.5. The van der Waals surface area contributed by atoms with E-state index in [2.05, 4.69) is 41.4 Å². The maximum absolute atomic E-state index is 5.51. The number of nitrogens with zero attached hydrogens (tertiary/aromatic N) is 1. The van der Waals surface area contributed by atoms with Crippen LogP contribution in [0.4, 0.5) is 0 Å². The standard InChI is InChI=1S/C17H28N2O/c1-3-12-19(16-6-5-11-18-13-16)14-15-7-9-17(10-8-15)20-4-2/h7-10,16,18H,3-6,11-14H2,1-2H3. The first-order chi connectivity index (χ1) is 9.83. The van der Waals surface area contributed by atoms with Gasteiger partial charge in [0.25, 0.3) is 0 Å². The quantitative estimate of drug-likeness (QED) is 0.828. The average Bonchev–Trinajstić information content (AvgIpc) is 2.50. The summed E-state index contributed by atoms with van der Waals surface area (Å²) in [7, 11) is 0. The van der Waals surface area contributed by atoms with Crippen molar-refractivity contribution in [2.75, 3.05) is 26.2 Å². The fourth-order valence-corrected chi connectivity index (χ4v) is 2.92. The van der Waals surface area contributed by atoms with Gasteiger partial charge in [0.2, 0.25) is 0 Å². The summed E-state index contributed by atoms with van der Waals surface area (Å²) in [6, 6.07) is 9.26. The Balaban J connectivity index is 1.95. The smallest absolute Gasteiger partial charge is 0.119 e. The summed E-state index contributed by atoms with van der Waals surface area (Å²) in [4.78, 5) is 2.63. The van der Waals surface area contributed by atoms with Gasteiger partial charge in [0, 0.05) is 19.1 Å². The van der Waals surface area contributed by atoms with E-state index in [1.165, 1.54) is 37.9 Å². The van der Waals surface area contributed by atoms with Gasteiger partial charge in [0.05, 0.1) is 6.61 Å². The number of hydrogen-bond acceptors (Lipinski definition) is 3. The first-order valence-corrected chi connectivity index (χ1v) is 8.00. The summed E-state index contributed by atoms with van der Waals surface area (Å²) < 4.78 is 5.51. The first kappa shape index (κ1) is 15.3. The molecular formula is C17H28N2O. The van der Waals surface area contributed by atoms with Crippen molar-refractivity contribution < 1.29 is 4.74 Å². The number of hydrogen-bond donors (Lipinski definition) is 1. The van der Waals surface area contributed by atoms with Crippen molar-refractivity contribution >= 4 is 0 Å². The van der Waals surface area contributed by atoms with Crippen molar-refractivity contribution in [1.82, 2.24) is 10.2 Å². The fourth-order valence-electron chi connectivity index (χ4n) is 2.92. The Morgan fingerprint density at radius 3 is 2.65 bits per heavy atom. The highest BCUT2D eigenvalue weighted by Crippen LogP contribution is 2.17. The lowest BCUT2D eigenvalue weighted by molar-refractivity contribution is 0.158. The molecule has 112 valence electrons. The van der Waals surface area contributed by atoms with Crippen molar-refractivity contribution in [1.29, 1.82) is 0 Å². The molecule has 1 aromatic carbocycles. The van der Waals surface area contributed by atoms with Crippen molar-refractivity contribution in [2.24, 2.45) is 0 Å². The van der Waals surface area contributed by atoms with Crippen LogP contribution in [0.25, 0.3) is 0 Å². The van der Waals surface area contributed by atoms with E-state index in [0.717, 1.165) is 25.4 Å². The molecule has 3 nitrogen and oxygen atoms in total. The van der Waals surface area contributed by atoms with Crippen LogP contribution in [0.1, 0.15) is 38.7 Å². The molecular weight excluding hydrogens is 248 g/mol. The Bertz CT molecular complexity index is 371. The Morgan fingerprint density at radius 2 is 2.05 bits per heavy atom. The monoisotopic (exact) mass is 276 g/mol. The van der Waals surface area contributed by atoms with Crippen LogP contribution in [0.3, 0.4) is 0 Å². The maximum Gasteiger partial charge on any atom is 0.119 e. The molecule has 2 rings (SSSR count). The van der Waals surface area contributed by atoms with Gasteiger partial charge in [0.15, 0.2) is 0 Å². The molecule has 0 radical (unpaired) electrons. The second-order valence-electron chi connectivity index (χ2n) is 5.55. The maximum atomic E-state index is 5.51. The Kier molecular flexibility index (Phi) is 6.34. The Hall–Kier alpha value is -1.06. The molecule has 1 aromatic rings. The van der Waals surface area contributed by atoms with Crippen molar-refractivity contribution in [2.45, 2.75) is 45.7 Å². The minimum Gasteiger partial charge on any atom is -0.494 e. The van der Waals surface area contributed by atoms with E-state index >= 15 is 0 Å². The number of rotatable bonds is 7. The molecule has 1 heterocycles. The van der Waals surface area contributed by atoms with Crippen LogP contribution in [0.15, 0.2) is 24.3 Å². The van der Waals surface area contributed by atoms with Crippen LogP contribution < -0.4 is 10.1 Å². The molecule has 1 atom stereocenters. The van der Waals surface area contributed by atoms with Gasteiger partial charge < -0.3 is 10.1 Å². The number of piperidine rings is 1. The van der Waals surface area contributed by atoms with Gasteiger partial charge in [-0.05, 0) is 57.0 Å². The van der Waals surface area contributed by atoms with Crippen LogP contribution in [0.2, 0.25) is 0 Å². The fraction of sp³-hybridized carbons (Fsp3) is 0.647.